The molecule has 0 aliphatic carbocycles. The molecule has 0 atom stereocenters. The van der Waals surface area contributed by atoms with Crippen molar-refractivity contribution in [3.8, 4) is 11.5 Å². The van der Waals surface area contributed by atoms with Gasteiger partial charge in [-0.3, -0.25) is 9.59 Å². The lowest BCUT2D eigenvalue weighted by Gasteiger charge is -2.23. The molecule has 144 valence electrons. The van der Waals surface area contributed by atoms with E-state index in [0.29, 0.717) is 41.1 Å². The Morgan fingerprint density at radius 2 is 2.00 bits per heavy atom. The van der Waals surface area contributed by atoms with E-state index >= 15 is 0 Å². The molecule has 2 amide bonds. The summed E-state index contributed by atoms with van der Waals surface area (Å²) in [7, 11) is 0. The summed E-state index contributed by atoms with van der Waals surface area (Å²) in [6.45, 7) is 6.41. The number of rotatable bonds is 7. The molecule has 8 nitrogen and oxygen atoms in total. The highest BCUT2D eigenvalue weighted by Crippen LogP contribution is 2.32. The first kappa shape index (κ1) is 18.8. The third-order valence-corrected chi connectivity index (χ3v) is 4.11. The summed E-state index contributed by atoms with van der Waals surface area (Å²) in [6, 6.07) is 6.65. The first-order chi connectivity index (χ1) is 12.9. The van der Waals surface area contributed by atoms with Crippen molar-refractivity contribution in [3.63, 3.8) is 0 Å². The molecular formula is C19H23N3O5. The fraction of sp³-hybridized carbons (Fsp3) is 0.421. The Hall–Kier alpha value is -3.03. The van der Waals surface area contributed by atoms with Gasteiger partial charge in [0.1, 0.15) is 12.3 Å². The van der Waals surface area contributed by atoms with E-state index in [-0.39, 0.29) is 25.2 Å². The van der Waals surface area contributed by atoms with Crippen molar-refractivity contribution < 1.29 is 23.6 Å². The molecule has 27 heavy (non-hydrogen) atoms. The van der Waals surface area contributed by atoms with Gasteiger partial charge in [0.2, 0.25) is 12.7 Å². The van der Waals surface area contributed by atoms with Crippen LogP contribution in [0.4, 0.5) is 5.82 Å². The second kappa shape index (κ2) is 8.11. The highest BCUT2D eigenvalue weighted by atomic mass is 16.7. The van der Waals surface area contributed by atoms with E-state index in [1.807, 2.05) is 0 Å². The third-order valence-electron chi connectivity index (χ3n) is 4.11. The molecule has 0 radical (unpaired) electrons. The zero-order chi connectivity index (χ0) is 19.4. The molecule has 0 bridgehead atoms. The largest absolute Gasteiger partial charge is 0.454 e. The van der Waals surface area contributed by atoms with Crippen molar-refractivity contribution in [1.29, 1.82) is 0 Å². The SMILES string of the molecule is Cc1cc(NC(=O)CN(CCC(C)C)C(=O)c2ccc3c(c2)OCO3)no1. The van der Waals surface area contributed by atoms with Crippen LogP contribution in [0.1, 0.15) is 36.4 Å². The Morgan fingerprint density at radius 3 is 2.70 bits per heavy atom. The number of anilines is 1. The van der Waals surface area contributed by atoms with Crippen LogP contribution in [0.25, 0.3) is 0 Å². The van der Waals surface area contributed by atoms with E-state index in [1.54, 1.807) is 31.2 Å². The van der Waals surface area contributed by atoms with Gasteiger partial charge in [0.05, 0.1) is 0 Å². The van der Waals surface area contributed by atoms with E-state index in [2.05, 4.69) is 24.3 Å². The second-order valence-corrected chi connectivity index (χ2v) is 6.85. The summed E-state index contributed by atoms with van der Waals surface area (Å²) >= 11 is 0. The van der Waals surface area contributed by atoms with Gasteiger partial charge in [-0.2, -0.15) is 0 Å². The minimum absolute atomic E-state index is 0.0775. The van der Waals surface area contributed by atoms with E-state index < -0.39 is 0 Å². The molecule has 1 aliphatic rings. The number of benzene rings is 1. The van der Waals surface area contributed by atoms with Crippen LogP contribution in [0.2, 0.25) is 0 Å². The Kier molecular flexibility index (Phi) is 5.63. The third kappa shape index (κ3) is 4.78. The number of hydrogen-bond donors (Lipinski definition) is 1. The molecule has 0 unspecified atom stereocenters. The number of aromatic nitrogens is 1. The lowest BCUT2D eigenvalue weighted by atomic mass is 10.1. The molecule has 0 spiro atoms. The molecule has 0 saturated carbocycles. The highest BCUT2D eigenvalue weighted by Gasteiger charge is 2.22. The number of fused-ring (bicyclic) bond motifs is 1. The lowest BCUT2D eigenvalue weighted by molar-refractivity contribution is -0.117. The number of nitrogens with zero attached hydrogens (tertiary/aromatic N) is 2. The Balaban J connectivity index is 1.71. The second-order valence-electron chi connectivity index (χ2n) is 6.85. The molecule has 8 heteroatoms. The van der Waals surface area contributed by atoms with Crippen LogP contribution < -0.4 is 14.8 Å². The molecule has 2 aromatic rings. The molecular weight excluding hydrogens is 350 g/mol. The lowest BCUT2D eigenvalue weighted by Crippen LogP contribution is -2.39. The smallest absolute Gasteiger partial charge is 0.254 e. The van der Waals surface area contributed by atoms with Gasteiger partial charge in [-0.05, 0) is 37.5 Å². The number of ether oxygens (including phenoxy) is 2. The average Bonchev–Trinajstić information content (AvgIpc) is 3.25. The molecule has 1 aliphatic heterocycles. The Morgan fingerprint density at radius 1 is 1.22 bits per heavy atom. The van der Waals surface area contributed by atoms with Gasteiger partial charge in [0.15, 0.2) is 17.3 Å². The van der Waals surface area contributed by atoms with Gasteiger partial charge in [0, 0.05) is 18.2 Å². The van der Waals surface area contributed by atoms with E-state index in [9.17, 15) is 9.59 Å². The number of nitrogens with one attached hydrogen (secondary N) is 1. The molecule has 0 saturated heterocycles. The van der Waals surface area contributed by atoms with Crippen molar-refractivity contribution in [1.82, 2.24) is 10.1 Å². The van der Waals surface area contributed by atoms with Crippen LogP contribution in [0, 0.1) is 12.8 Å². The summed E-state index contributed by atoms with van der Waals surface area (Å²) in [5.74, 6) is 1.90. The first-order valence-corrected chi connectivity index (χ1v) is 8.84. The normalized spacial score (nSPS) is 12.3. The summed E-state index contributed by atoms with van der Waals surface area (Å²) in [5, 5.41) is 6.39. The van der Waals surface area contributed by atoms with Crippen LogP contribution in [0.3, 0.4) is 0 Å². The number of carbonyl (C=O) groups excluding carboxylic acids is 2. The van der Waals surface area contributed by atoms with Crippen LogP contribution >= 0.6 is 0 Å². The zero-order valence-corrected chi connectivity index (χ0v) is 15.7. The monoisotopic (exact) mass is 373 g/mol. The van der Waals surface area contributed by atoms with Crippen molar-refractivity contribution in [2.75, 3.05) is 25.2 Å². The molecule has 0 fully saturated rings. The standard InChI is InChI=1S/C19H23N3O5/c1-12(2)6-7-22(10-18(23)20-17-8-13(3)27-21-17)19(24)14-4-5-15-16(9-14)26-11-25-15/h4-5,8-9,12H,6-7,10-11H2,1-3H3,(H,20,21,23). The first-order valence-electron chi connectivity index (χ1n) is 8.84. The van der Waals surface area contributed by atoms with Gasteiger partial charge >= 0.3 is 0 Å². The maximum absolute atomic E-state index is 13.0. The number of carbonyl (C=O) groups is 2. The minimum Gasteiger partial charge on any atom is -0.454 e. The predicted molar refractivity (Wildman–Crippen MR) is 97.8 cm³/mol. The van der Waals surface area contributed by atoms with Gasteiger partial charge < -0.3 is 24.2 Å². The molecule has 3 rings (SSSR count). The topological polar surface area (TPSA) is 93.9 Å². The highest BCUT2D eigenvalue weighted by molar-refractivity contribution is 5.99. The minimum atomic E-state index is -0.332. The Bertz CT molecular complexity index is 831. The number of aryl methyl sites for hydroxylation is 1. The maximum atomic E-state index is 13.0. The molecule has 1 aromatic heterocycles. The van der Waals surface area contributed by atoms with Gasteiger partial charge in [-0.25, -0.2) is 0 Å². The quantitative estimate of drug-likeness (QED) is 0.802. The van der Waals surface area contributed by atoms with Gasteiger partial charge in [-0.15, -0.1) is 0 Å². The van der Waals surface area contributed by atoms with Crippen LogP contribution in [-0.4, -0.2) is 41.8 Å². The van der Waals surface area contributed by atoms with Crippen molar-refractivity contribution >= 4 is 17.6 Å². The summed E-state index contributed by atoms with van der Waals surface area (Å²) in [6.07, 6.45) is 0.784. The summed E-state index contributed by atoms with van der Waals surface area (Å²) in [5.41, 5.74) is 0.452. The molecule has 2 heterocycles. The average molecular weight is 373 g/mol. The number of hydrogen-bond acceptors (Lipinski definition) is 6. The van der Waals surface area contributed by atoms with Crippen LogP contribution in [0.15, 0.2) is 28.8 Å². The van der Waals surface area contributed by atoms with Crippen molar-refractivity contribution in [2.45, 2.75) is 27.2 Å². The fourth-order valence-electron chi connectivity index (χ4n) is 2.66. The maximum Gasteiger partial charge on any atom is 0.254 e. The zero-order valence-electron chi connectivity index (χ0n) is 15.7. The van der Waals surface area contributed by atoms with Gasteiger partial charge in [0.25, 0.3) is 5.91 Å². The van der Waals surface area contributed by atoms with Crippen molar-refractivity contribution in [2.24, 2.45) is 5.92 Å². The van der Waals surface area contributed by atoms with E-state index in [4.69, 9.17) is 14.0 Å². The van der Waals surface area contributed by atoms with Crippen molar-refractivity contribution in [3.05, 3.63) is 35.6 Å². The predicted octanol–water partition coefficient (Wildman–Crippen LogP) is 2.84. The fourth-order valence-corrected chi connectivity index (χ4v) is 2.66. The summed E-state index contributed by atoms with van der Waals surface area (Å²) in [4.78, 5) is 26.9. The van der Waals surface area contributed by atoms with Gasteiger partial charge in [-0.1, -0.05) is 19.0 Å². The molecule has 1 aromatic carbocycles. The van der Waals surface area contributed by atoms with Crippen LogP contribution in [0.5, 0.6) is 11.5 Å². The number of amides is 2. The molecule has 1 N–H and O–H groups in total. The summed E-state index contributed by atoms with van der Waals surface area (Å²) < 4.78 is 15.6. The Labute approximate surface area is 157 Å². The van der Waals surface area contributed by atoms with E-state index in [0.717, 1.165) is 6.42 Å². The van der Waals surface area contributed by atoms with E-state index in [1.165, 1.54) is 4.90 Å². The van der Waals surface area contributed by atoms with Crippen LogP contribution in [-0.2, 0) is 4.79 Å².